The second-order valence-electron chi connectivity index (χ2n) is 5.62. The molecule has 118 valence electrons. The number of hydrogen-bond donors (Lipinski definition) is 1. The standard InChI is InChI=1S/C17H18N4O2/c18-17(23)14-10-20-15(11-19-14)21-8-6-13(7-9-21)16(22)12-4-2-1-3-5-12/h1-5,10-11,13H,6-9H2,(H2,18,23). The van der Waals surface area contributed by atoms with E-state index in [9.17, 15) is 9.59 Å². The summed E-state index contributed by atoms with van der Waals surface area (Å²) >= 11 is 0. The van der Waals surface area contributed by atoms with Crippen LogP contribution in [0.5, 0.6) is 0 Å². The first-order valence-corrected chi connectivity index (χ1v) is 7.61. The summed E-state index contributed by atoms with van der Waals surface area (Å²) in [5, 5.41) is 0. The number of aromatic nitrogens is 2. The van der Waals surface area contributed by atoms with E-state index in [-0.39, 0.29) is 17.4 Å². The highest BCUT2D eigenvalue weighted by molar-refractivity contribution is 5.98. The number of Topliss-reactive ketones (excluding diaryl/α,β-unsaturated/α-hetero) is 1. The maximum Gasteiger partial charge on any atom is 0.268 e. The predicted molar refractivity (Wildman–Crippen MR) is 86.3 cm³/mol. The number of carbonyl (C=O) groups is 2. The fourth-order valence-corrected chi connectivity index (χ4v) is 2.82. The van der Waals surface area contributed by atoms with Gasteiger partial charge in [-0.25, -0.2) is 9.97 Å². The summed E-state index contributed by atoms with van der Waals surface area (Å²) in [7, 11) is 0. The van der Waals surface area contributed by atoms with E-state index in [1.807, 2.05) is 30.3 Å². The summed E-state index contributed by atoms with van der Waals surface area (Å²) in [6.07, 6.45) is 4.51. The number of ketones is 1. The first kappa shape index (κ1) is 15.1. The van der Waals surface area contributed by atoms with E-state index in [4.69, 9.17) is 5.73 Å². The molecule has 3 rings (SSSR count). The van der Waals surface area contributed by atoms with Gasteiger partial charge in [0.25, 0.3) is 5.91 Å². The van der Waals surface area contributed by atoms with E-state index in [2.05, 4.69) is 14.9 Å². The van der Waals surface area contributed by atoms with Crippen LogP contribution in [0, 0.1) is 5.92 Å². The Hall–Kier alpha value is -2.76. The van der Waals surface area contributed by atoms with Crippen LogP contribution in [0.15, 0.2) is 42.7 Å². The van der Waals surface area contributed by atoms with Crippen molar-refractivity contribution < 1.29 is 9.59 Å². The van der Waals surface area contributed by atoms with Crippen LogP contribution in [0.25, 0.3) is 0 Å². The van der Waals surface area contributed by atoms with Gasteiger partial charge in [-0.1, -0.05) is 30.3 Å². The summed E-state index contributed by atoms with van der Waals surface area (Å²) in [4.78, 5) is 33.8. The average Bonchev–Trinajstić information content (AvgIpc) is 2.62. The Kier molecular flexibility index (Phi) is 4.32. The lowest BCUT2D eigenvalue weighted by Crippen LogP contribution is -2.37. The van der Waals surface area contributed by atoms with Gasteiger partial charge in [0.15, 0.2) is 5.78 Å². The minimum absolute atomic E-state index is 0.0477. The minimum atomic E-state index is -0.587. The van der Waals surface area contributed by atoms with Gasteiger partial charge < -0.3 is 10.6 Å². The summed E-state index contributed by atoms with van der Waals surface area (Å²) < 4.78 is 0. The van der Waals surface area contributed by atoms with Crippen molar-refractivity contribution in [3.05, 3.63) is 54.0 Å². The lowest BCUT2D eigenvalue weighted by Gasteiger charge is -2.31. The molecule has 0 saturated carbocycles. The summed E-state index contributed by atoms with van der Waals surface area (Å²) in [5.41, 5.74) is 6.09. The Balaban J connectivity index is 1.62. The van der Waals surface area contributed by atoms with Gasteiger partial charge in [-0.3, -0.25) is 9.59 Å². The van der Waals surface area contributed by atoms with Crippen molar-refractivity contribution in [1.82, 2.24) is 9.97 Å². The van der Waals surface area contributed by atoms with Crippen LogP contribution in [0.4, 0.5) is 5.82 Å². The smallest absolute Gasteiger partial charge is 0.268 e. The molecular weight excluding hydrogens is 292 g/mol. The molecule has 6 heteroatoms. The van der Waals surface area contributed by atoms with E-state index in [0.29, 0.717) is 5.82 Å². The highest BCUT2D eigenvalue weighted by Crippen LogP contribution is 2.24. The van der Waals surface area contributed by atoms with Crippen LogP contribution in [0.3, 0.4) is 0 Å². The lowest BCUT2D eigenvalue weighted by atomic mass is 9.89. The van der Waals surface area contributed by atoms with Gasteiger partial charge in [-0.2, -0.15) is 0 Å². The number of piperidine rings is 1. The van der Waals surface area contributed by atoms with Crippen LogP contribution in [0.2, 0.25) is 0 Å². The normalized spacial score (nSPS) is 15.4. The van der Waals surface area contributed by atoms with E-state index in [1.54, 1.807) is 6.20 Å². The summed E-state index contributed by atoms with van der Waals surface area (Å²) in [5.74, 6) is 0.378. The number of benzene rings is 1. The van der Waals surface area contributed by atoms with Gasteiger partial charge in [-0.15, -0.1) is 0 Å². The topological polar surface area (TPSA) is 89.2 Å². The third kappa shape index (κ3) is 3.36. The molecule has 0 atom stereocenters. The van der Waals surface area contributed by atoms with Crippen molar-refractivity contribution >= 4 is 17.5 Å². The molecule has 0 radical (unpaired) electrons. The fourth-order valence-electron chi connectivity index (χ4n) is 2.82. The number of anilines is 1. The number of amides is 1. The molecule has 2 aromatic rings. The molecule has 1 aliphatic heterocycles. The first-order valence-electron chi connectivity index (χ1n) is 7.61. The van der Waals surface area contributed by atoms with Gasteiger partial charge >= 0.3 is 0 Å². The maximum atomic E-state index is 12.5. The number of rotatable bonds is 4. The molecule has 1 aliphatic rings. The van der Waals surface area contributed by atoms with Gasteiger partial charge in [-0.05, 0) is 12.8 Å². The van der Waals surface area contributed by atoms with E-state index in [0.717, 1.165) is 31.5 Å². The Labute approximate surface area is 134 Å². The number of primary amides is 1. The highest BCUT2D eigenvalue weighted by Gasteiger charge is 2.26. The van der Waals surface area contributed by atoms with Crippen LogP contribution in [-0.4, -0.2) is 34.7 Å². The van der Waals surface area contributed by atoms with Gasteiger partial charge in [0.1, 0.15) is 11.5 Å². The Morgan fingerprint density at radius 3 is 2.30 bits per heavy atom. The number of carbonyl (C=O) groups excluding carboxylic acids is 2. The molecule has 0 unspecified atom stereocenters. The number of nitrogens with two attached hydrogens (primary N) is 1. The minimum Gasteiger partial charge on any atom is -0.364 e. The monoisotopic (exact) mass is 310 g/mol. The SMILES string of the molecule is NC(=O)c1cnc(N2CCC(C(=O)c3ccccc3)CC2)cn1. The Bertz CT molecular complexity index is 692. The van der Waals surface area contributed by atoms with Crippen molar-refractivity contribution in [3.63, 3.8) is 0 Å². The molecule has 0 aliphatic carbocycles. The van der Waals surface area contributed by atoms with Crippen molar-refractivity contribution in [1.29, 1.82) is 0 Å². The van der Waals surface area contributed by atoms with Crippen molar-refractivity contribution in [2.45, 2.75) is 12.8 Å². The second kappa shape index (κ2) is 6.56. The van der Waals surface area contributed by atoms with Crippen molar-refractivity contribution in [2.75, 3.05) is 18.0 Å². The zero-order chi connectivity index (χ0) is 16.2. The molecule has 2 N–H and O–H groups in total. The maximum absolute atomic E-state index is 12.5. The van der Waals surface area contributed by atoms with Gasteiger partial charge in [0, 0.05) is 24.6 Å². The van der Waals surface area contributed by atoms with Crippen LogP contribution in [-0.2, 0) is 0 Å². The molecule has 2 heterocycles. The fraction of sp³-hybridized carbons (Fsp3) is 0.294. The molecule has 6 nitrogen and oxygen atoms in total. The van der Waals surface area contributed by atoms with Crippen molar-refractivity contribution in [3.8, 4) is 0 Å². The van der Waals surface area contributed by atoms with Crippen LogP contribution in [0.1, 0.15) is 33.7 Å². The van der Waals surface area contributed by atoms with Crippen LogP contribution < -0.4 is 10.6 Å². The molecule has 1 fully saturated rings. The lowest BCUT2D eigenvalue weighted by molar-refractivity contribution is 0.0899. The molecular formula is C17H18N4O2. The van der Waals surface area contributed by atoms with E-state index in [1.165, 1.54) is 6.20 Å². The zero-order valence-electron chi connectivity index (χ0n) is 12.7. The molecule has 1 amide bonds. The first-order chi connectivity index (χ1) is 11.1. The number of hydrogen-bond acceptors (Lipinski definition) is 5. The predicted octanol–water partition coefficient (Wildman–Crippen LogP) is 1.67. The molecule has 0 bridgehead atoms. The zero-order valence-corrected chi connectivity index (χ0v) is 12.7. The molecule has 0 spiro atoms. The van der Waals surface area contributed by atoms with Crippen molar-refractivity contribution in [2.24, 2.45) is 11.7 Å². The molecule has 1 aromatic heterocycles. The third-order valence-corrected chi connectivity index (χ3v) is 4.14. The number of nitrogens with zero attached hydrogens (tertiary/aromatic N) is 3. The van der Waals surface area contributed by atoms with E-state index >= 15 is 0 Å². The van der Waals surface area contributed by atoms with Gasteiger partial charge in [0.05, 0.1) is 12.4 Å². The third-order valence-electron chi connectivity index (χ3n) is 4.14. The summed E-state index contributed by atoms with van der Waals surface area (Å²) in [6, 6.07) is 9.41. The molecule has 1 saturated heterocycles. The quantitative estimate of drug-likeness (QED) is 0.868. The largest absolute Gasteiger partial charge is 0.364 e. The van der Waals surface area contributed by atoms with Gasteiger partial charge in [0.2, 0.25) is 0 Å². The van der Waals surface area contributed by atoms with Crippen LogP contribution >= 0.6 is 0 Å². The molecule has 23 heavy (non-hydrogen) atoms. The Morgan fingerprint density at radius 2 is 1.74 bits per heavy atom. The highest BCUT2D eigenvalue weighted by atomic mass is 16.1. The average molecular weight is 310 g/mol. The molecule has 1 aromatic carbocycles. The second-order valence-corrected chi connectivity index (χ2v) is 5.62. The summed E-state index contributed by atoms with van der Waals surface area (Å²) in [6.45, 7) is 1.49. The Morgan fingerprint density at radius 1 is 1.04 bits per heavy atom. The van der Waals surface area contributed by atoms with E-state index < -0.39 is 5.91 Å².